The second-order valence-electron chi connectivity index (χ2n) is 6.65. The molecule has 26 heavy (non-hydrogen) atoms. The van der Waals surface area contributed by atoms with Gasteiger partial charge in [-0.15, -0.1) is 0 Å². The molecule has 3 rings (SSSR count). The summed E-state index contributed by atoms with van der Waals surface area (Å²) in [7, 11) is 0. The summed E-state index contributed by atoms with van der Waals surface area (Å²) < 4.78 is 32.6. The Kier molecular flexibility index (Phi) is 7.12. The van der Waals surface area contributed by atoms with Crippen molar-refractivity contribution in [2.24, 2.45) is 0 Å². The lowest BCUT2D eigenvalue weighted by Crippen LogP contribution is -2.43. The third-order valence-electron chi connectivity index (χ3n) is 4.71. The lowest BCUT2D eigenvalue weighted by Gasteiger charge is -2.27. The molecule has 0 atom stereocenters. The Bertz CT molecular complexity index is 609. The molecule has 1 aliphatic heterocycles. The number of hydrogen-bond acceptors (Lipinski definition) is 3. The number of hydrogen-bond donors (Lipinski definition) is 1. The fraction of sp³-hybridized carbons (Fsp3) is 0.429. The maximum Gasteiger partial charge on any atom is 0.123 e. The number of piperazine rings is 1. The highest BCUT2D eigenvalue weighted by Gasteiger charge is 2.15. The monoisotopic (exact) mass is 360 g/mol. The van der Waals surface area contributed by atoms with Crippen LogP contribution in [0.1, 0.15) is 30.1 Å². The van der Waals surface area contributed by atoms with Gasteiger partial charge in [0.1, 0.15) is 17.7 Å². The van der Waals surface area contributed by atoms with Gasteiger partial charge in [-0.05, 0) is 54.8 Å². The third-order valence-corrected chi connectivity index (χ3v) is 4.71. The largest absolute Gasteiger partial charge is 0.369 e. The minimum Gasteiger partial charge on any atom is -0.369 e. The van der Waals surface area contributed by atoms with Crippen molar-refractivity contribution in [2.75, 3.05) is 39.3 Å². The molecule has 0 aromatic heterocycles. The topological polar surface area (TPSA) is 24.5 Å². The molecule has 1 aliphatic rings. The molecular formula is C21H26F2N2O. The van der Waals surface area contributed by atoms with Crippen LogP contribution in [0.2, 0.25) is 0 Å². The predicted octanol–water partition coefficient (Wildman–Crippen LogP) is 3.76. The fourth-order valence-corrected chi connectivity index (χ4v) is 3.23. The van der Waals surface area contributed by atoms with Gasteiger partial charge in [-0.2, -0.15) is 0 Å². The summed E-state index contributed by atoms with van der Waals surface area (Å²) in [5.41, 5.74) is 1.75. The van der Waals surface area contributed by atoms with Crippen LogP contribution in [0.4, 0.5) is 8.78 Å². The van der Waals surface area contributed by atoms with Crippen LogP contribution < -0.4 is 5.32 Å². The van der Waals surface area contributed by atoms with Gasteiger partial charge >= 0.3 is 0 Å². The Morgan fingerprint density at radius 2 is 1.38 bits per heavy atom. The summed E-state index contributed by atoms with van der Waals surface area (Å²) >= 11 is 0. The molecule has 140 valence electrons. The molecule has 0 aliphatic carbocycles. The number of ether oxygens (including phenoxy) is 1. The zero-order valence-electron chi connectivity index (χ0n) is 15.0. The molecule has 0 unspecified atom stereocenters. The molecule has 1 heterocycles. The van der Waals surface area contributed by atoms with E-state index in [4.69, 9.17) is 4.74 Å². The van der Waals surface area contributed by atoms with E-state index in [1.807, 2.05) is 0 Å². The number of nitrogens with zero attached hydrogens (tertiary/aromatic N) is 1. The first kappa shape index (κ1) is 19.0. The second-order valence-corrected chi connectivity index (χ2v) is 6.65. The average Bonchev–Trinajstić information content (AvgIpc) is 2.67. The zero-order valence-corrected chi connectivity index (χ0v) is 15.0. The summed E-state index contributed by atoms with van der Waals surface area (Å²) in [5.74, 6) is -0.551. The normalized spacial score (nSPS) is 15.5. The van der Waals surface area contributed by atoms with E-state index in [-0.39, 0.29) is 17.7 Å². The van der Waals surface area contributed by atoms with Gasteiger partial charge in [0.15, 0.2) is 0 Å². The standard InChI is InChI=1S/C21H26F2N2O/c22-19-7-3-17(4-8-19)21(18-5-9-20(23)10-6-18)26-16-2-1-13-25-14-11-24-12-15-25/h3-10,21,24H,1-2,11-16H2. The van der Waals surface area contributed by atoms with E-state index in [9.17, 15) is 8.78 Å². The van der Waals surface area contributed by atoms with E-state index in [0.29, 0.717) is 6.61 Å². The maximum atomic E-state index is 13.2. The lowest BCUT2D eigenvalue weighted by molar-refractivity contribution is 0.0749. The quantitative estimate of drug-likeness (QED) is 0.726. The first-order valence-corrected chi connectivity index (χ1v) is 9.28. The molecule has 1 fully saturated rings. The predicted molar refractivity (Wildman–Crippen MR) is 99.1 cm³/mol. The van der Waals surface area contributed by atoms with Crippen LogP contribution in [-0.2, 0) is 4.74 Å². The van der Waals surface area contributed by atoms with Crippen molar-refractivity contribution in [1.82, 2.24) is 10.2 Å². The number of rotatable bonds is 8. The van der Waals surface area contributed by atoms with Gasteiger partial charge in [-0.1, -0.05) is 24.3 Å². The van der Waals surface area contributed by atoms with Crippen LogP contribution in [0.3, 0.4) is 0 Å². The molecule has 0 bridgehead atoms. The minimum absolute atomic E-state index is 0.275. The Labute approximate surface area is 154 Å². The summed E-state index contributed by atoms with van der Waals surface area (Å²) in [6.45, 7) is 6.04. The van der Waals surface area contributed by atoms with E-state index in [1.54, 1.807) is 24.3 Å². The second kappa shape index (κ2) is 9.76. The van der Waals surface area contributed by atoms with Crippen molar-refractivity contribution < 1.29 is 13.5 Å². The van der Waals surface area contributed by atoms with Crippen LogP contribution in [0.5, 0.6) is 0 Å². The number of benzene rings is 2. The Hall–Kier alpha value is -1.82. The first-order valence-electron chi connectivity index (χ1n) is 9.28. The molecule has 0 radical (unpaired) electrons. The molecular weight excluding hydrogens is 334 g/mol. The maximum absolute atomic E-state index is 13.2. The van der Waals surface area contributed by atoms with E-state index < -0.39 is 0 Å². The average molecular weight is 360 g/mol. The zero-order chi connectivity index (χ0) is 18.2. The summed E-state index contributed by atoms with van der Waals surface area (Å²) in [6.07, 6.45) is 1.73. The van der Waals surface area contributed by atoms with Crippen LogP contribution in [-0.4, -0.2) is 44.2 Å². The van der Waals surface area contributed by atoms with Gasteiger partial charge in [-0.25, -0.2) is 8.78 Å². The van der Waals surface area contributed by atoms with E-state index in [2.05, 4.69) is 10.2 Å². The molecule has 1 N–H and O–H groups in total. The van der Waals surface area contributed by atoms with Gasteiger partial charge in [0.2, 0.25) is 0 Å². The molecule has 0 saturated carbocycles. The van der Waals surface area contributed by atoms with Crippen molar-refractivity contribution in [1.29, 1.82) is 0 Å². The van der Waals surface area contributed by atoms with Crippen LogP contribution in [0, 0.1) is 11.6 Å². The number of halogens is 2. The number of unbranched alkanes of at least 4 members (excludes halogenated alkanes) is 1. The fourth-order valence-electron chi connectivity index (χ4n) is 3.23. The van der Waals surface area contributed by atoms with Gasteiger partial charge in [0, 0.05) is 32.8 Å². The van der Waals surface area contributed by atoms with E-state index >= 15 is 0 Å². The Balaban J connectivity index is 1.55. The molecule has 5 heteroatoms. The Morgan fingerprint density at radius 1 is 0.846 bits per heavy atom. The van der Waals surface area contributed by atoms with Crippen molar-refractivity contribution in [3.63, 3.8) is 0 Å². The summed E-state index contributed by atoms with van der Waals surface area (Å²) in [6, 6.07) is 12.6. The highest BCUT2D eigenvalue weighted by molar-refractivity contribution is 5.30. The van der Waals surface area contributed by atoms with Crippen LogP contribution in [0.15, 0.2) is 48.5 Å². The SMILES string of the molecule is Fc1ccc(C(OCCCCN2CCNCC2)c2ccc(F)cc2)cc1. The van der Waals surface area contributed by atoms with Gasteiger partial charge in [0.25, 0.3) is 0 Å². The van der Waals surface area contributed by atoms with Crippen molar-refractivity contribution in [3.8, 4) is 0 Å². The highest BCUT2D eigenvalue weighted by Crippen LogP contribution is 2.26. The summed E-state index contributed by atoms with van der Waals surface area (Å²) in [5, 5.41) is 3.36. The van der Waals surface area contributed by atoms with Gasteiger partial charge in [-0.3, -0.25) is 0 Å². The third kappa shape index (κ3) is 5.59. The van der Waals surface area contributed by atoms with E-state index in [1.165, 1.54) is 24.3 Å². The highest BCUT2D eigenvalue weighted by atomic mass is 19.1. The van der Waals surface area contributed by atoms with E-state index in [0.717, 1.165) is 56.7 Å². The molecule has 0 spiro atoms. The van der Waals surface area contributed by atoms with Crippen LogP contribution in [0.25, 0.3) is 0 Å². The first-order chi connectivity index (χ1) is 12.7. The molecule has 1 saturated heterocycles. The van der Waals surface area contributed by atoms with Crippen molar-refractivity contribution in [3.05, 3.63) is 71.3 Å². The number of nitrogens with one attached hydrogen (secondary N) is 1. The van der Waals surface area contributed by atoms with Crippen molar-refractivity contribution in [2.45, 2.75) is 18.9 Å². The lowest BCUT2D eigenvalue weighted by atomic mass is 10.0. The molecule has 0 amide bonds. The Morgan fingerprint density at radius 3 is 1.92 bits per heavy atom. The molecule has 2 aromatic carbocycles. The minimum atomic E-state index is -0.310. The molecule has 2 aromatic rings. The van der Waals surface area contributed by atoms with Gasteiger partial charge < -0.3 is 15.0 Å². The molecule has 3 nitrogen and oxygen atoms in total. The van der Waals surface area contributed by atoms with Gasteiger partial charge in [0.05, 0.1) is 0 Å². The van der Waals surface area contributed by atoms with Crippen molar-refractivity contribution >= 4 is 0 Å². The smallest absolute Gasteiger partial charge is 0.123 e. The van der Waals surface area contributed by atoms with Crippen LogP contribution >= 0.6 is 0 Å². The summed E-state index contributed by atoms with van der Waals surface area (Å²) in [4.78, 5) is 2.47.